The zero-order valence-corrected chi connectivity index (χ0v) is 14.6. The summed E-state index contributed by atoms with van der Waals surface area (Å²) in [5.74, 6) is 1.61. The molecule has 0 aromatic carbocycles. The van der Waals surface area contributed by atoms with Crippen LogP contribution in [0.5, 0.6) is 0 Å². The fraction of sp³-hybridized carbons (Fsp3) is 0.867. The summed E-state index contributed by atoms with van der Waals surface area (Å²) in [6.07, 6.45) is 13.8. The minimum atomic E-state index is 0.490. The molecule has 0 aliphatic rings. The highest BCUT2D eigenvalue weighted by Gasteiger charge is 1.98. The molecule has 0 unspecified atom stereocenters. The molecule has 0 atom stereocenters. The normalized spacial score (nSPS) is 10.3. The van der Waals surface area contributed by atoms with Crippen molar-refractivity contribution in [2.24, 2.45) is 0 Å². The molecule has 0 saturated carbocycles. The van der Waals surface area contributed by atoms with E-state index in [1.165, 1.54) is 76.0 Å². The molecule has 0 spiro atoms. The van der Waals surface area contributed by atoms with Gasteiger partial charge in [0.1, 0.15) is 3.53 Å². The second kappa shape index (κ2) is 16.3. The highest BCUT2D eigenvalue weighted by atomic mass is 32.2. The molecular weight excluding hydrogens is 290 g/mol. The van der Waals surface area contributed by atoms with E-state index >= 15 is 0 Å². The quantitative estimate of drug-likeness (QED) is 0.317. The van der Waals surface area contributed by atoms with Gasteiger partial charge >= 0.3 is 0 Å². The van der Waals surface area contributed by atoms with Gasteiger partial charge in [-0.05, 0) is 12.2 Å². The third-order valence-electron chi connectivity index (χ3n) is 2.97. The van der Waals surface area contributed by atoms with Crippen molar-refractivity contribution >= 4 is 39.3 Å². The van der Waals surface area contributed by atoms with Crippen LogP contribution in [0, 0.1) is 11.3 Å². The Hall–Kier alpha value is 0.280. The highest BCUT2D eigenvalue weighted by molar-refractivity contribution is 8.47. The van der Waals surface area contributed by atoms with Gasteiger partial charge in [-0.25, -0.2) is 0 Å². The van der Waals surface area contributed by atoms with E-state index in [-0.39, 0.29) is 0 Å². The molecule has 0 saturated heterocycles. The Morgan fingerprint density at radius 1 is 0.895 bits per heavy atom. The molecule has 0 heterocycles. The van der Waals surface area contributed by atoms with Gasteiger partial charge < -0.3 is 0 Å². The number of hydrogen-bond acceptors (Lipinski definition) is 4. The van der Waals surface area contributed by atoms with Gasteiger partial charge in [-0.15, -0.1) is 11.8 Å². The summed E-state index contributed by atoms with van der Waals surface area (Å²) >= 11 is 8.39. The Bertz CT molecular complexity index is 248. The first kappa shape index (κ1) is 19.3. The van der Waals surface area contributed by atoms with Crippen LogP contribution in [0.3, 0.4) is 0 Å². The van der Waals surface area contributed by atoms with Gasteiger partial charge in [-0.2, -0.15) is 5.26 Å². The molecule has 0 aromatic rings. The maximum atomic E-state index is 8.44. The Morgan fingerprint density at radius 2 is 1.42 bits per heavy atom. The molecule has 0 aliphatic carbocycles. The maximum absolute atomic E-state index is 8.44. The molecule has 0 bridgehead atoms. The standard InChI is InChI=1S/C15H27NS3/c1-2-3-4-5-6-7-8-9-10-11-13-18-15(17)19-14-12-16/h2-11,13-14H2,1H3. The third-order valence-corrected chi connectivity index (χ3v) is 5.62. The van der Waals surface area contributed by atoms with Crippen LogP contribution in [0.15, 0.2) is 0 Å². The van der Waals surface area contributed by atoms with E-state index in [2.05, 4.69) is 13.0 Å². The van der Waals surface area contributed by atoms with E-state index in [1.807, 2.05) is 0 Å². The SMILES string of the molecule is CCCCCCCCCCCCSC(=S)SCC#N. The van der Waals surface area contributed by atoms with Gasteiger partial charge in [0.15, 0.2) is 0 Å². The lowest BCUT2D eigenvalue weighted by atomic mass is 10.1. The van der Waals surface area contributed by atoms with Crippen LogP contribution >= 0.6 is 35.7 Å². The molecular formula is C15H27NS3. The van der Waals surface area contributed by atoms with Crippen molar-refractivity contribution in [3.63, 3.8) is 0 Å². The number of thiocarbonyl (C=S) groups is 1. The average molecular weight is 318 g/mol. The monoisotopic (exact) mass is 317 g/mol. The molecule has 110 valence electrons. The molecule has 0 aliphatic heterocycles. The molecule has 0 aromatic heterocycles. The number of thioether (sulfide) groups is 2. The molecule has 0 radical (unpaired) electrons. The van der Waals surface area contributed by atoms with E-state index in [4.69, 9.17) is 17.5 Å². The second-order valence-electron chi connectivity index (χ2n) is 4.73. The van der Waals surface area contributed by atoms with E-state index in [9.17, 15) is 0 Å². The van der Waals surface area contributed by atoms with Crippen molar-refractivity contribution < 1.29 is 0 Å². The average Bonchev–Trinajstić information content (AvgIpc) is 2.42. The van der Waals surface area contributed by atoms with Crippen LogP contribution < -0.4 is 0 Å². The largest absolute Gasteiger partial charge is 0.197 e. The van der Waals surface area contributed by atoms with E-state index in [1.54, 1.807) is 11.8 Å². The van der Waals surface area contributed by atoms with Crippen molar-refractivity contribution in [3.8, 4) is 6.07 Å². The predicted molar refractivity (Wildman–Crippen MR) is 95.0 cm³/mol. The van der Waals surface area contributed by atoms with E-state index < -0.39 is 0 Å². The van der Waals surface area contributed by atoms with Crippen molar-refractivity contribution in [1.82, 2.24) is 0 Å². The van der Waals surface area contributed by atoms with Gasteiger partial charge in [0.05, 0.1) is 11.8 Å². The van der Waals surface area contributed by atoms with Crippen molar-refractivity contribution in [1.29, 1.82) is 5.26 Å². The van der Waals surface area contributed by atoms with Crippen LogP contribution in [-0.2, 0) is 0 Å². The van der Waals surface area contributed by atoms with Crippen LogP contribution in [-0.4, -0.2) is 15.0 Å². The van der Waals surface area contributed by atoms with E-state index in [0.29, 0.717) is 5.75 Å². The van der Waals surface area contributed by atoms with Crippen molar-refractivity contribution in [3.05, 3.63) is 0 Å². The molecule has 0 N–H and O–H groups in total. The summed E-state index contributed by atoms with van der Waals surface area (Å²) in [6, 6.07) is 2.10. The summed E-state index contributed by atoms with van der Waals surface area (Å²) in [5.41, 5.74) is 0. The number of nitriles is 1. The lowest BCUT2D eigenvalue weighted by Gasteiger charge is -2.03. The Labute approximate surface area is 133 Å². The molecule has 19 heavy (non-hydrogen) atoms. The maximum Gasteiger partial charge on any atom is 0.105 e. The Kier molecular flexibility index (Phi) is 16.6. The first-order valence-corrected chi connectivity index (χ1v) is 9.85. The lowest BCUT2D eigenvalue weighted by Crippen LogP contribution is -1.87. The second-order valence-corrected chi connectivity index (χ2v) is 8.00. The number of unbranched alkanes of at least 4 members (excludes halogenated alkanes) is 9. The van der Waals surface area contributed by atoms with Crippen molar-refractivity contribution in [2.75, 3.05) is 11.5 Å². The van der Waals surface area contributed by atoms with E-state index in [0.717, 1.165) is 9.28 Å². The van der Waals surface area contributed by atoms with Crippen LogP contribution in [0.25, 0.3) is 0 Å². The summed E-state index contributed by atoms with van der Waals surface area (Å²) in [4.78, 5) is 0. The Morgan fingerprint density at radius 3 is 1.95 bits per heavy atom. The highest BCUT2D eigenvalue weighted by Crippen LogP contribution is 2.19. The summed E-state index contributed by atoms with van der Waals surface area (Å²) in [5, 5.41) is 8.44. The predicted octanol–water partition coefficient (Wildman–Crippen LogP) is 6.18. The van der Waals surface area contributed by atoms with Crippen LogP contribution in [0.1, 0.15) is 71.1 Å². The fourth-order valence-electron chi connectivity index (χ4n) is 1.88. The van der Waals surface area contributed by atoms with Gasteiger partial charge in [-0.3, -0.25) is 0 Å². The minimum Gasteiger partial charge on any atom is -0.197 e. The zero-order valence-electron chi connectivity index (χ0n) is 12.2. The third kappa shape index (κ3) is 16.2. The Balaban J connectivity index is 3.07. The smallest absolute Gasteiger partial charge is 0.105 e. The summed E-state index contributed by atoms with van der Waals surface area (Å²) in [6.45, 7) is 2.27. The minimum absolute atomic E-state index is 0.490. The zero-order chi connectivity index (χ0) is 14.2. The molecule has 1 nitrogen and oxygen atoms in total. The van der Waals surface area contributed by atoms with Crippen molar-refractivity contribution in [2.45, 2.75) is 71.1 Å². The molecule has 0 fully saturated rings. The fourth-order valence-corrected chi connectivity index (χ4v) is 3.76. The van der Waals surface area contributed by atoms with Crippen LogP contribution in [0.4, 0.5) is 0 Å². The van der Waals surface area contributed by atoms with Gasteiger partial charge in [0.25, 0.3) is 0 Å². The van der Waals surface area contributed by atoms with Gasteiger partial charge in [-0.1, -0.05) is 88.7 Å². The van der Waals surface area contributed by atoms with Crippen LogP contribution in [0.2, 0.25) is 0 Å². The lowest BCUT2D eigenvalue weighted by molar-refractivity contribution is 0.563. The van der Waals surface area contributed by atoms with Gasteiger partial charge in [0.2, 0.25) is 0 Å². The molecule has 0 rings (SSSR count). The number of rotatable bonds is 12. The number of hydrogen-bond donors (Lipinski definition) is 0. The first-order valence-electron chi connectivity index (χ1n) is 7.47. The summed E-state index contributed by atoms with van der Waals surface area (Å²) in [7, 11) is 0. The number of nitrogens with zero attached hydrogens (tertiary/aromatic N) is 1. The summed E-state index contributed by atoms with van der Waals surface area (Å²) < 4.78 is 0.928. The topological polar surface area (TPSA) is 23.8 Å². The van der Waals surface area contributed by atoms with Gasteiger partial charge in [0, 0.05) is 0 Å². The molecule has 0 amide bonds. The molecule has 4 heteroatoms. The first-order chi connectivity index (χ1) is 9.31.